The summed E-state index contributed by atoms with van der Waals surface area (Å²) in [4.78, 5) is 11.6. The van der Waals surface area contributed by atoms with Gasteiger partial charge in [0.25, 0.3) is 0 Å². The van der Waals surface area contributed by atoms with E-state index in [9.17, 15) is 0 Å². The van der Waals surface area contributed by atoms with Crippen molar-refractivity contribution in [3.8, 4) is 5.75 Å². The minimum Gasteiger partial charge on any atom is -0.497 e. The summed E-state index contributed by atoms with van der Waals surface area (Å²) in [5, 5.41) is 0.0444. The third kappa shape index (κ3) is 2.87. The predicted molar refractivity (Wildman–Crippen MR) is 68.9 cm³/mol. The molecule has 1 heterocycles. The molecule has 2 rings (SSSR count). The van der Waals surface area contributed by atoms with Crippen molar-refractivity contribution in [2.75, 3.05) is 7.11 Å². The Hall–Kier alpha value is -1.43. The zero-order valence-electron chi connectivity index (χ0n) is 9.47. The molecule has 0 aliphatic heterocycles. The molecule has 0 radical (unpaired) electrons. The summed E-state index contributed by atoms with van der Waals surface area (Å²) >= 11 is 11.4. The van der Waals surface area contributed by atoms with Gasteiger partial charge in [0, 0.05) is 0 Å². The molecule has 0 spiro atoms. The second-order valence-corrected chi connectivity index (χ2v) is 4.16. The van der Waals surface area contributed by atoms with E-state index in [0.29, 0.717) is 5.82 Å². The number of rotatable bonds is 3. The van der Waals surface area contributed by atoms with Crippen LogP contribution < -0.4 is 10.5 Å². The Balaban J connectivity index is 2.31. The van der Waals surface area contributed by atoms with Gasteiger partial charge in [-0.15, -0.1) is 0 Å². The minimum atomic E-state index is -0.520. The van der Waals surface area contributed by atoms with E-state index in [1.807, 2.05) is 12.1 Å². The Morgan fingerprint density at radius 2 is 1.61 bits per heavy atom. The Kier molecular flexibility index (Phi) is 3.96. The highest BCUT2D eigenvalue weighted by molar-refractivity contribution is 6.31. The lowest BCUT2D eigenvalue weighted by atomic mass is 10.1. The molecular weight excluding hydrogens is 275 g/mol. The largest absolute Gasteiger partial charge is 0.497 e. The molecule has 94 valence electrons. The van der Waals surface area contributed by atoms with Crippen molar-refractivity contribution in [3.05, 3.63) is 46.2 Å². The first-order valence-corrected chi connectivity index (χ1v) is 5.82. The molecule has 0 bridgehead atoms. The second kappa shape index (κ2) is 5.48. The summed E-state index contributed by atoms with van der Waals surface area (Å²) in [6.45, 7) is 0. The average molecular weight is 285 g/mol. The monoisotopic (exact) mass is 284 g/mol. The van der Waals surface area contributed by atoms with Crippen molar-refractivity contribution in [1.82, 2.24) is 15.0 Å². The van der Waals surface area contributed by atoms with Crippen LogP contribution in [0.15, 0.2) is 24.3 Å². The Morgan fingerprint density at radius 3 is 2.11 bits per heavy atom. The summed E-state index contributed by atoms with van der Waals surface area (Å²) in [5.41, 5.74) is 6.86. The van der Waals surface area contributed by atoms with Gasteiger partial charge >= 0.3 is 0 Å². The van der Waals surface area contributed by atoms with Crippen LogP contribution in [-0.2, 0) is 0 Å². The van der Waals surface area contributed by atoms with Crippen LogP contribution >= 0.6 is 23.2 Å². The molecule has 1 unspecified atom stereocenters. The maximum atomic E-state index is 6.03. The van der Waals surface area contributed by atoms with E-state index in [4.69, 9.17) is 33.7 Å². The minimum absolute atomic E-state index is 0.0222. The van der Waals surface area contributed by atoms with E-state index in [-0.39, 0.29) is 10.6 Å². The SMILES string of the molecule is COc1ccc(C(N)c2nc(Cl)nc(Cl)n2)cc1. The van der Waals surface area contributed by atoms with Crippen molar-refractivity contribution in [3.63, 3.8) is 0 Å². The van der Waals surface area contributed by atoms with Crippen molar-refractivity contribution in [2.45, 2.75) is 6.04 Å². The first kappa shape index (κ1) is 13.0. The van der Waals surface area contributed by atoms with E-state index in [0.717, 1.165) is 11.3 Å². The number of nitrogens with zero attached hydrogens (tertiary/aromatic N) is 3. The molecule has 5 nitrogen and oxygen atoms in total. The fraction of sp³-hybridized carbons (Fsp3) is 0.182. The van der Waals surface area contributed by atoms with Gasteiger partial charge in [-0.25, -0.2) is 9.97 Å². The van der Waals surface area contributed by atoms with Gasteiger partial charge in [0.05, 0.1) is 13.2 Å². The van der Waals surface area contributed by atoms with Crippen molar-refractivity contribution in [2.24, 2.45) is 5.73 Å². The molecule has 2 aromatic rings. The summed E-state index contributed by atoms with van der Waals surface area (Å²) in [6.07, 6.45) is 0. The predicted octanol–water partition coefficient (Wildman–Crippen LogP) is 2.24. The smallest absolute Gasteiger partial charge is 0.226 e. The molecule has 0 saturated carbocycles. The van der Waals surface area contributed by atoms with E-state index < -0.39 is 6.04 Å². The lowest BCUT2D eigenvalue weighted by molar-refractivity contribution is 0.414. The molecule has 0 fully saturated rings. The van der Waals surface area contributed by atoms with Gasteiger partial charge in [0.1, 0.15) is 5.75 Å². The van der Waals surface area contributed by atoms with E-state index in [2.05, 4.69) is 15.0 Å². The average Bonchev–Trinajstić information content (AvgIpc) is 2.37. The number of halogens is 2. The maximum absolute atomic E-state index is 6.03. The van der Waals surface area contributed by atoms with Crippen molar-refractivity contribution in [1.29, 1.82) is 0 Å². The molecule has 0 saturated heterocycles. The zero-order valence-corrected chi connectivity index (χ0v) is 11.0. The maximum Gasteiger partial charge on any atom is 0.226 e. The van der Waals surface area contributed by atoms with E-state index in [1.165, 1.54) is 0 Å². The molecule has 0 amide bonds. The number of methoxy groups -OCH3 is 1. The fourth-order valence-electron chi connectivity index (χ4n) is 1.44. The number of benzene rings is 1. The molecular formula is C11H10Cl2N4O. The van der Waals surface area contributed by atoms with Crippen LogP contribution in [-0.4, -0.2) is 22.1 Å². The third-order valence-electron chi connectivity index (χ3n) is 2.35. The fourth-order valence-corrected chi connectivity index (χ4v) is 1.82. The van der Waals surface area contributed by atoms with Crippen LogP contribution in [0.5, 0.6) is 5.75 Å². The van der Waals surface area contributed by atoms with Crippen LogP contribution in [0.3, 0.4) is 0 Å². The highest BCUT2D eigenvalue weighted by Gasteiger charge is 2.14. The molecule has 1 aromatic carbocycles. The first-order valence-electron chi connectivity index (χ1n) is 5.06. The Bertz CT molecular complexity index is 527. The van der Waals surface area contributed by atoms with Crippen molar-refractivity contribution < 1.29 is 4.74 Å². The van der Waals surface area contributed by atoms with Gasteiger partial charge in [-0.3, -0.25) is 0 Å². The van der Waals surface area contributed by atoms with E-state index in [1.54, 1.807) is 19.2 Å². The second-order valence-electron chi connectivity index (χ2n) is 3.48. The molecule has 0 aliphatic carbocycles. The van der Waals surface area contributed by atoms with Crippen LogP contribution in [0.1, 0.15) is 17.4 Å². The lowest BCUT2D eigenvalue weighted by Gasteiger charge is -2.11. The Morgan fingerprint density at radius 1 is 1.06 bits per heavy atom. The topological polar surface area (TPSA) is 73.9 Å². The number of hydrogen-bond acceptors (Lipinski definition) is 5. The van der Waals surface area contributed by atoms with Crippen LogP contribution in [0.2, 0.25) is 10.6 Å². The van der Waals surface area contributed by atoms with Gasteiger partial charge in [0.15, 0.2) is 5.82 Å². The van der Waals surface area contributed by atoms with Crippen LogP contribution in [0.25, 0.3) is 0 Å². The van der Waals surface area contributed by atoms with Gasteiger partial charge in [0.2, 0.25) is 10.6 Å². The first-order chi connectivity index (χ1) is 8.60. The molecule has 0 aliphatic rings. The zero-order chi connectivity index (χ0) is 13.1. The number of aromatic nitrogens is 3. The molecule has 18 heavy (non-hydrogen) atoms. The third-order valence-corrected chi connectivity index (χ3v) is 2.69. The molecule has 1 aromatic heterocycles. The Labute approximate surface area is 114 Å². The van der Waals surface area contributed by atoms with E-state index >= 15 is 0 Å². The van der Waals surface area contributed by atoms with Crippen LogP contribution in [0.4, 0.5) is 0 Å². The summed E-state index contributed by atoms with van der Waals surface area (Å²) in [5.74, 6) is 1.07. The molecule has 7 heteroatoms. The van der Waals surface area contributed by atoms with Gasteiger partial charge in [-0.2, -0.15) is 4.98 Å². The summed E-state index contributed by atoms with van der Waals surface area (Å²) in [7, 11) is 1.60. The molecule has 1 atom stereocenters. The molecule has 2 N–H and O–H groups in total. The van der Waals surface area contributed by atoms with Crippen molar-refractivity contribution >= 4 is 23.2 Å². The number of nitrogens with two attached hydrogens (primary N) is 1. The highest BCUT2D eigenvalue weighted by atomic mass is 35.5. The van der Waals surface area contributed by atoms with Gasteiger partial charge in [-0.1, -0.05) is 12.1 Å². The van der Waals surface area contributed by atoms with Crippen LogP contribution in [0, 0.1) is 0 Å². The summed E-state index contributed by atoms with van der Waals surface area (Å²) < 4.78 is 5.07. The number of ether oxygens (including phenoxy) is 1. The normalized spacial score (nSPS) is 12.2. The van der Waals surface area contributed by atoms with Gasteiger partial charge < -0.3 is 10.5 Å². The standard InChI is InChI=1S/C11H10Cl2N4O/c1-18-7-4-2-6(3-5-7)8(14)9-15-10(12)17-11(13)16-9/h2-5,8H,14H2,1H3. The summed E-state index contributed by atoms with van der Waals surface area (Å²) in [6, 6.07) is 6.75. The highest BCUT2D eigenvalue weighted by Crippen LogP contribution is 2.21. The van der Waals surface area contributed by atoms with Gasteiger partial charge in [-0.05, 0) is 40.9 Å². The number of hydrogen-bond donors (Lipinski definition) is 1. The quantitative estimate of drug-likeness (QED) is 0.936. The lowest BCUT2D eigenvalue weighted by Crippen LogP contribution is -2.16.